The highest BCUT2D eigenvalue weighted by atomic mass is 35.5. The van der Waals surface area contributed by atoms with Crippen molar-refractivity contribution in [2.45, 2.75) is 13.8 Å². The van der Waals surface area contributed by atoms with Crippen molar-refractivity contribution < 1.29 is 18.5 Å². The molecule has 0 bridgehead atoms. The summed E-state index contributed by atoms with van der Waals surface area (Å²) in [7, 11) is 0. The van der Waals surface area contributed by atoms with Crippen LogP contribution in [0.5, 0.6) is 0 Å². The number of carbonyl (C=O) groups excluding carboxylic acids is 2. The first-order valence-electron chi connectivity index (χ1n) is 7.96. The Morgan fingerprint density at radius 2 is 1.78 bits per heavy atom. The highest BCUT2D eigenvalue weighted by Crippen LogP contribution is 2.33. The molecule has 3 rings (SSSR count). The Labute approximate surface area is 159 Å². The largest absolute Gasteiger partial charge is 0.360 e. The van der Waals surface area contributed by atoms with Gasteiger partial charge in [-0.2, -0.15) is 0 Å². The first-order valence-corrected chi connectivity index (χ1v) is 8.34. The van der Waals surface area contributed by atoms with Crippen molar-refractivity contribution in [3.8, 4) is 11.3 Å². The van der Waals surface area contributed by atoms with E-state index < -0.39 is 11.7 Å². The molecule has 0 spiro atoms. The van der Waals surface area contributed by atoms with Gasteiger partial charge in [0.15, 0.2) is 0 Å². The fourth-order valence-corrected chi connectivity index (χ4v) is 2.86. The number of halogens is 2. The third-order valence-corrected chi connectivity index (χ3v) is 4.05. The quantitative estimate of drug-likeness (QED) is 0.682. The van der Waals surface area contributed by atoms with Crippen molar-refractivity contribution in [2.75, 3.05) is 10.6 Å². The molecule has 0 saturated heterocycles. The lowest BCUT2D eigenvalue weighted by atomic mass is 10.0. The van der Waals surface area contributed by atoms with E-state index >= 15 is 0 Å². The number of hydrogen-bond donors (Lipinski definition) is 2. The standard InChI is InChI=1S/C19H15ClFN3O3/c1-10-16(18(24-27-10)17-14(20)7-4-8-15(17)21)19(26)23-13-6-3-5-12(9-13)22-11(2)25/h3-9H,1-2H3,(H,22,25)(H,23,26). The van der Waals surface area contributed by atoms with Gasteiger partial charge in [0.1, 0.15) is 22.8 Å². The molecule has 138 valence electrons. The minimum Gasteiger partial charge on any atom is -0.360 e. The van der Waals surface area contributed by atoms with Crippen LogP contribution in [0, 0.1) is 12.7 Å². The number of nitrogens with one attached hydrogen (secondary N) is 2. The Bertz CT molecular complexity index is 1010. The van der Waals surface area contributed by atoms with Gasteiger partial charge in [0.25, 0.3) is 5.91 Å². The summed E-state index contributed by atoms with van der Waals surface area (Å²) >= 11 is 6.09. The average Bonchev–Trinajstić information content (AvgIpc) is 2.96. The van der Waals surface area contributed by atoms with Gasteiger partial charge < -0.3 is 15.2 Å². The fraction of sp³-hybridized carbons (Fsp3) is 0.105. The molecule has 6 nitrogen and oxygen atoms in total. The number of amides is 2. The number of aromatic nitrogens is 1. The smallest absolute Gasteiger partial charge is 0.261 e. The molecular formula is C19H15ClFN3O3. The molecule has 3 aromatic rings. The highest BCUT2D eigenvalue weighted by Gasteiger charge is 2.25. The number of hydrogen-bond acceptors (Lipinski definition) is 4. The molecule has 0 aliphatic heterocycles. The van der Waals surface area contributed by atoms with Gasteiger partial charge in [-0.1, -0.05) is 28.9 Å². The Morgan fingerprint density at radius 1 is 1.11 bits per heavy atom. The van der Waals surface area contributed by atoms with Crippen LogP contribution in [0.15, 0.2) is 47.0 Å². The summed E-state index contributed by atoms with van der Waals surface area (Å²) in [4.78, 5) is 24.0. The normalized spacial score (nSPS) is 10.5. The summed E-state index contributed by atoms with van der Waals surface area (Å²) in [5, 5.41) is 9.25. The SMILES string of the molecule is CC(=O)Nc1cccc(NC(=O)c2c(-c3c(F)cccc3Cl)noc2C)c1. The van der Waals surface area contributed by atoms with Crippen LogP contribution in [-0.2, 0) is 4.79 Å². The summed E-state index contributed by atoms with van der Waals surface area (Å²) in [6.07, 6.45) is 0. The van der Waals surface area contributed by atoms with Crippen molar-refractivity contribution in [3.63, 3.8) is 0 Å². The van der Waals surface area contributed by atoms with Crippen molar-refractivity contribution in [1.82, 2.24) is 5.16 Å². The first-order chi connectivity index (χ1) is 12.9. The number of carbonyl (C=O) groups is 2. The number of nitrogens with zero attached hydrogens (tertiary/aromatic N) is 1. The van der Waals surface area contributed by atoms with Gasteiger partial charge in [0, 0.05) is 18.3 Å². The molecule has 0 radical (unpaired) electrons. The lowest BCUT2D eigenvalue weighted by Crippen LogP contribution is -2.14. The maximum Gasteiger partial charge on any atom is 0.261 e. The van der Waals surface area contributed by atoms with E-state index in [1.165, 1.54) is 25.1 Å². The molecule has 1 aromatic heterocycles. The van der Waals surface area contributed by atoms with E-state index in [2.05, 4.69) is 15.8 Å². The molecule has 0 aliphatic carbocycles. The van der Waals surface area contributed by atoms with Crippen molar-refractivity contribution >= 4 is 34.8 Å². The van der Waals surface area contributed by atoms with E-state index in [0.29, 0.717) is 11.4 Å². The van der Waals surface area contributed by atoms with Gasteiger partial charge in [-0.3, -0.25) is 9.59 Å². The Balaban J connectivity index is 1.95. The molecule has 2 amide bonds. The predicted octanol–water partition coefficient (Wildman–Crippen LogP) is 4.65. The third kappa shape index (κ3) is 3.98. The highest BCUT2D eigenvalue weighted by molar-refractivity contribution is 6.33. The summed E-state index contributed by atoms with van der Waals surface area (Å²) in [5.74, 6) is -1.16. The van der Waals surface area contributed by atoms with Gasteiger partial charge in [-0.15, -0.1) is 0 Å². The van der Waals surface area contributed by atoms with E-state index in [4.69, 9.17) is 16.1 Å². The van der Waals surface area contributed by atoms with Crippen LogP contribution < -0.4 is 10.6 Å². The monoisotopic (exact) mass is 387 g/mol. The molecule has 27 heavy (non-hydrogen) atoms. The maximum absolute atomic E-state index is 14.3. The molecule has 0 unspecified atom stereocenters. The van der Waals surface area contributed by atoms with Gasteiger partial charge in [-0.25, -0.2) is 4.39 Å². The van der Waals surface area contributed by atoms with Gasteiger partial charge in [0.2, 0.25) is 5.91 Å². The van der Waals surface area contributed by atoms with Crippen molar-refractivity contribution in [3.05, 3.63) is 64.6 Å². The van der Waals surface area contributed by atoms with E-state index in [9.17, 15) is 14.0 Å². The Hall–Kier alpha value is -3.19. The van der Waals surface area contributed by atoms with Crippen LogP contribution >= 0.6 is 11.6 Å². The maximum atomic E-state index is 14.3. The van der Waals surface area contributed by atoms with Crippen molar-refractivity contribution in [1.29, 1.82) is 0 Å². The zero-order valence-corrected chi connectivity index (χ0v) is 15.2. The third-order valence-electron chi connectivity index (χ3n) is 3.73. The minimum absolute atomic E-state index is 0.00633. The van der Waals surface area contributed by atoms with E-state index in [0.717, 1.165) is 0 Å². The number of aryl methyl sites for hydroxylation is 1. The summed E-state index contributed by atoms with van der Waals surface area (Å²) in [6, 6.07) is 10.8. The van der Waals surface area contributed by atoms with Crippen LogP contribution in [0.4, 0.5) is 15.8 Å². The molecule has 0 fully saturated rings. The lowest BCUT2D eigenvalue weighted by Gasteiger charge is -2.09. The van der Waals surface area contributed by atoms with Crippen LogP contribution in [0.2, 0.25) is 5.02 Å². The molecule has 2 aromatic carbocycles. The molecule has 8 heteroatoms. The molecular weight excluding hydrogens is 373 g/mol. The Kier molecular flexibility index (Phi) is 5.23. The second-order valence-corrected chi connectivity index (χ2v) is 6.18. The van der Waals surface area contributed by atoms with Crippen molar-refractivity contribution in [2.24, 2.45) is 0 Å². The van der Waals surface area contributed by atoms with Gasteiger partial charge in [0.05, 0.1) is 10.6 Å². The molecule has 2 N–H and O–H groups in total. The number of anilines is 2. The predicted molar refractivity (Wildman–Crippen MR) is 100 cm³/mol. The average molecular weight is 388 g/mol. The lowest BCUT2D eigenvalue weighted by molar-refractivity contribution is -0.114. The van der Waals surface area contributed by atoms with E-state index in [1.807, 2.05) is 0 Å². The second kappa shape index (κ2) is 7.59. The molecule has 0 atom stereocenters. The zero-order valence-electron chi connectivity index (χ0n) is 14.5. The van der Waals surface area contributed by atoms with Crippen LogP contribution in [-0.4, -0.2) is 17.0 Å². The van der Waals surface area contributed by atoms with E-state index in [1.54, 1.807) is 31.2 Å². The van der Waals surface area contributed by atoms with Crippen LogP contribution in [0.3, 0.4) is 0 Å². The summed E-state index contributed by atoms with van der Waals surface area (Å²) < 4.78 is 19.4. The van der Waals surface area contributed by atoms with Crippen LogP contribution in [0.25, 0.3) is 11.3 Å². The first kappa shape index (κ1) is 18.6. The zero-order chi connectivity index (χ0) is 19.6. The molecule has 0 aliphatic rings. The van der Waals surface area contributed by atoms with Gasteiger partial charge in [-0.05, 0) is 37.3 Å². The molecule has 1 heterocycles. The van der Waals surface area contributed by atoms with E-state index in [-0.39, 0.29) is 33.5 Å². The van der Waals surface area contributed by atoms with Gasteiger partial charge >= 0.3 is 0 Å². The van der Waals surface area contributed by atoms with Crippen LogP contribution in [0.1, 0.15) is 23.0 Å². The second-order valence-electron chi connectivity index (χ2n) is 5.78. The number of benzene rings is 2. The fourth-order valence-electron chi connectivity index (χ4n) is 2.61. The molecule has 0 saturated carbocycles. The Morgan fingerprint density at radius 3 is 2.44 bits per heavy atom. The minimum atomic E-state index is -0.613. The summed E-state index contributed by atoms with van der Waals surface area (Å²) in [6.45, 7) is 2.93. The topological polar surface area (TPSA) is 84.2 Å². The number of rotatable bonds is 4. The summed E-state index contributed by atoms with van der Waals surface area (Å²) in [5.41, 5.74) is 1.06.